The Bertz CT molecular complexity index is 402. The summed E-state index contributed by atoms with van der Waals surface area (Å²) >= 11 is 0. The van der Waals surface area contributed by atoms with Crippen LogP contribution in [0.1, 0.15) is 110 Å². The van der Waals surface area contributed by atoms with Gasteiger partial charge in [0.05, 0.1) is 21.1 Å². The molecule has 29 heavy (non-hydrogen) atoms. The van der Waals surface area contributed by atoms with Crippen LogP contribution in [0.5, 0.6) is 0 Å². The molecule has 0 heterocycles. The van der Waals surface area contributed by atoms with Crippen molar-refractivity contribution in [1.82, 2.24) is 0 Å². The maximum Gasteiger partial charge on any atom is 0.469 e. The average Bonchev–Trinajstić information content (AvgIpc) is 2.55. The number of quaternary nitrogens is 1. The van der Waals surface area contributed by atoms with Gasteiger partial charge in [0.2, 0.25) is 0 Å². The van der Waals surface area contributed by atoms with Crippen molar-refractivity contribution in [3.63, 3.8) is 0 Å². The molecule has 0 amide bonds. The summed E-state index contributed by atoms with van der Waals surface area (Å²) in [7, 11) is 1.50. The molecular weight excluding hydrogens is 385 g/mol. The zero-order chi connectivity index (χ0) is 22.0. The largest absolute Gasteiger partial charge is 0.469 e. The van der Waals surface area contributed by atoms with Crippen molar-refractivity contribution in [3.8, 4) is 0 Å². The molecular formula is C23H51NO4P+. The van der Waals surface area contributed by atoms with Gasteiger partial charge in [-0.2, -0.15) is 0 Å². The fraction of sp³-hybridized carbons (Fsp3) is 1.00. The van der Waals surface area contributed by atoms with Crippen LogP contribution in [0.15, 0.2) is 0 Å². The fourth-order valence-electron chi connectivity index (χ4n) is 3.49. The van der Waals surface area contributed by atoms with Crippen LogP contribution in [-0.2, 0) is 9.09 Å². The van der Waals surface area contributed by atoms with E-state index in [2.05, 4.69) is 11.4 Å². The summed E-state index contributed by atoms with van der Waals surface area (Å²) in [6, 6.07) is 0. The Morgan fingerprint density at radius 1 is 0.828 bits per heavy atom. The number of unbranched alkanes of at least 4 members (excludes halogenated alkanes) is 11. The van der Waals surface area contributed by atoms with Crippen LogP contribution in [0.25, 0.3) is 0 Å². The molecule has 0 atom stereocenters. The van der Waals surface area contributed by atoms with Gasteiger partial charge in [0.25, 0.3) is 0 Å². The van der Waals surface area contributed by atoms with E-state index in [0.29, 0.717) is 11.0 Å². The second-order valence-electron chi connectivity index (χ2n) is 9.81. The number of phosphoric acid groups is 1. The van der Waals surface area contributed by atoms with Crippen molar-refractivity contribution in [2.75, 3.05) is 34.3 Å². The topological polar surface area (TPSA) is 66.8 Å². The zero-order valence-electron chi connectivity index (χ0n) is 19.9. The van der Waals surface area contributed by atoms with Gasteiger partial charge in [0, 0.05) is 0 Å². The van der Waals surface area contributed by atoms with Gasteiger partial charge in [-0.05, 0) is 5.92 Å². The Kier molecular flexibility index (Phi) is 17.8. The molecule has 0 bridgehead atoms. The number of likely N-dealkylation sites (N-methyl/N-ethyl adjacent to an activating group) is 1. The van der Waals surface area contributed by atoms with Crippen molar-refractivity contribution in [2.24, 2.45) is 5.92 Å². The molecule has 1 saturated carbocycles. The lowest BCUT2D eigenvalue weighted by molar-refractivity contribution is -0.870. The third-order valence-corrected chi connectivity index (χ3v) is 6.23. The van der Waals surface area contributed by atoms with Crippen LogP contribution in [0.3, 0.4) is 0 Å². The molecule has 1 fully saturated rings. The summed E-state index contributed by atoms with van der Waals surface area (Å²) in [5.41, 5.74) is 0. The highest BCUT2D eigenvalue weighted by atomic mass is 31.2. The maximum absolute atomic E-state index is 10.2. The molecule has 5 nitrogen and oxygen atoms in total. The standard InChI is InChI=1S/C18H36.C5H14NO4P/c1-2-3-4-5-6-7-8-9-10-11-12-13-15-18-16-14-17-18;1-6(2,3)4-5-10-11(7,8)9/h18H,2-17H2,1H3;4-5H2,1-3H3,(H-,7,8,9)/p+1. The van der Waals surface area contributed by atoms with Crippen LogP contribution in [0.2, 0.25) is 0 Å². The van der Waals surface area contributed by atoms with Gasteiger partial charge in [-0.3, -0.25) is 4.52 Å². The molecule has 0 aromatic heterocycles. The first-order valence-electron chi connectivity index (χ1n) is 12.1. The van der Waals surface area contributed by atoms with E-state index >= 15 is 0 Å². The third kappa shape index (κ3) is 24.2. The molecule has 1 aliphatic carbocycles. The van der Waals surface area contributed by atoms with Crippen LogP contribution in [-0.4, -0.2) is 48.6 Å². The molecule has 0 aliphatic heterocycles. The molecule has 1 rings (SSSR count). The van der Waals surface area contributed by atoms with E-state index in [9.17, 15) is 4.57 Å². The number of hydrogen-bond acceptors (Lipinski definition) is 2. The molecule has 0 aromatic rings. The van der Waals surface area contributed by atoms with E-state index in [1.807, 2.05) is 21.1 Å². The van der Waals surface area contributed by atoms with Crippen LogP contribution >= 0.6 is 7.82 Å². The van der Waals surface area contributed by atoms with Gasteiger partial charge in [0.1, 0.15) is 13.2 Å². The Balaban J connectivity index is 0.000000614. The molecule has 0 spiro atoms. The fourth-order valence-corrected chi connectivity index (χ4v) is 3.81. The van der Waals surface area contributed by atoms with Crippen LogP contribution < -0.4 is 0 Å². The quantitative estimate of drug-likeness (QED) is 0.152. The van der Waals surface area contributed by atoms with Gasteiger partial charge in [0.15, 0.2) is 0 Å². The minimum absolute atomic E-state index is 0.0772. The average molecular weight is 437 g/mol. The second-order valence-corrected chi connectivity index (χ2v) is 11.1. The number of hydrogen-bond donors (Lipinski definition) is 2. The molecule has 0 unspecified atom stereocenters. The lowest BCUT2D eigenvalue weighted by Crippen LogP contribution is -2.37. The molecule has 176 valence electrons. The van der Waals surface area contributed by atoms with E-state index in [1.165, 1.54) is 103 Å². The molecule has 1 aliphatic rings. The Morgan fingerprint density at radius 3 is 1.62 bits per heavy atom. The van der Waals surface area contributed by atoms with E-state index < -0.39 is 7.82 Å². The Hall–Kier alpha value is 0.0700. The van der Waals surface area contributed by atoms with Gasteiger partial charge in [-0.25, -0.2) is 4.57 Å². The smallest absolute Gasteiger partial charge is 0.329 e. The number of phosphoric ester groups is 1. The van der Waals surface area contributed by atoms with Crippen molar-refractivity contribution < 1.29 is 23.4 Å². The molecule has 6 heteroatoms. The van der Waals surface area contributed by atoms with Crippen molar-refractivity contribution >= 4 is 7.82 Å². The first kappa shape index (κ1) is 29.1. The first-order valence-corrected chi connectivity index (χ1v) is 13.7. The highest BCUT2D eigenvalue weighted by molar-refractivity contribution is 7.46. The van der Waals surface area contributed by atoms with Crippen molar-refractivity contribution in [3.05, 3.63) is 0 Å². The van der Waals surface area contributed by atoms with Gasteiger partial charge >= 0.3 is 7.82 Å². The highest BCUT2D eigenvalue weighted by Crippen LogP contribution is 2.35. The van der Waals surface area contributed by atoms with Gasteiger partial charge < -0.3 is 14.3 Å². The summed E-state index contributed by atoms with van der Waals surface area (Å²) in [5.74, 6) is 1.13. The summed E-state index contributed by atoms with van der Waals surface area (Å²) in [6.07, 6.45) is 23.9. The monoisotopic (exact) mass is 436 g/mol. The first-order chi connectivity index (χ1) is 13.6. The van der Waals surface area contributed by atoms with Crippen LogP contribution in [0.4, 0.5) is 0 Å². The predicted molar refractivity (Wildman–Crippen MR) is 124 cm³/mol. The second kappa shape index (κ2) is 17.7. The third-order valence-electron chi connectivity index (χ3n) is 5.71. The molecule has 0 saturated heterocycles. The summed E-state index contributed by atoms with van der Waals surface area (Å²) in [4.78, 5) is 16.6. The zero-order valence-corrected chi connectivity index (χ0v) is 20.8. The van der Waals surface area contributed by atoms with E-state index in [1.54, 1.807) is 0 Å². The Morgan fingerprint density at radius 2 is 1.28 bits per heavy atom. The normalized spacial score (nSPS) is 15.0. The van der Waals surface area contributed by atoms with Crippen molar-refractivity contribution in [2.45, 2.75) is 110 Å². The molecule has 2 N–H and O–H groups in total. The van der Waals surface area contributed by atoms with E-state index in [4.69, 9.17) is 9.79 Å². The lowest BCUT2D eigenvalue weighted by atomic mass is 9.81. The summed E-state index contributed by atoms with van der Waals surface area (Å²) < 4.78 is 15.1. The van der Waals surface area contributed by atoms with Gasteiger partial charge in [-0.15, -0.1) is 0 Å². The van der Waals surface area contributed by atoms with E-state index in [-0.39, 0.29) is 6.61 Å². The number of rotatable bonds is 17. The summed E-state index contributed by atoms with van der Waals surface area (Å²) in [6.45, 7) is 2.95. The number of nitrogens with zero attached hydrogens (tertiary/aromatic N) is 1. The SMILES string of the molecule is CCCCCCCCCCCCCCC1CCC1.C[N+](C)(C)CCOP(=O)(O)O. The highest BCUT2D eigenvalue weighted by Gasteiger charge is 2.16. The minimum Gasteiger partial charge on any atom is -0.329 e. The Labute approximate surface area is 181 Å². The lowest BCUT2D eigenvalue weighted by Gasteiger charge is -2.24. The molecule has 0 radical (unpaired) electrons. The minimum atomic E-state index is -4.26. The molecule has 0 aromatic carbocycles. The van der Waals surface area contributed by atoms with Crippen molar-refractivity contribution in [1.29, 1.82) is 0 Å². The maximum atomic E-state index is 10.2. The van der Waals surface area contributed by atoms with E-state index in [0.717, 1.165) is 5.92 Å². The summed E-state index contributed by atoms with van der Waals surface area (Å²) in [5, 5.41) is 0. The van der Waals surface area contributed by atoms with Gasteiger partial charge in [-0.1, -0.05) is 110 Å². The van der Waals surface area contributed by atoms with Crippen LogP contribution in [0, 0.1) is 5.92 Å². The predicted octanol–water partition coefficient (Wildman–Crippen LogP) is 6.68.